The molecule has 2 heterocycles. The van der Waals surface area contributed by atoms with Crippen molar-refractivity contribution < 1.29 is 4.79 Å². The molecule has 0 bridgehead atoms. The summed E-state index contributed by atoms with van der Waals surface area (Å²) in [6.45, 7) is 1.81. The first-order valence-corrected chi connectivity index (χ1v) is 5.25. The Bertz CT molecular complexity index is 559. The van der Waals surface area contributed by atoms with Gasteiger partial charge in [0.25, 0.3) is 5.91 Å². The van der Waals surface area contributed by atoms with Crippen molar-refractivity contribution in [1.29, 1.82) is 0 Å². The van der Waals surface area contributed by atoms with Crippen LogP contribution in [0.25, 0.3) is 0 Å². The third kappa shape index (κ3) is 2.76. The Labute approximate surface area is 103 Å². The average Bonchev–Trinajstić information content (AvgIpc) is 2.32. The number of hydrogen-bond donors (Lipinski definition) is 1. The van der Waals surface area contributed by atoms with Gasteiger partial charge in [0.2, 0.25) is 0 Å². The molecule has 6 heteroatoms. The van der Waals surface area contributed by atoms with E-state index in [9.17, 15) is 4.79 Å². The van der Waals surface area contributed by atoms with E-state index in [0.717, 1.165) is 5.69 Å². The molecule has 0 aliphatic carbocycles. The summed E-state index contributed by atoms with van der Waals surface area (Å²) in [4.78, 5) is 23.6. The molecule has 1 N–H and O–H groups in total. The lowest BCUT2D eigenvalue weighted by molar-refractivity contribution is 0.102. The van der Waals surface area contributed by atoms with Gasteiger partial charge in [0, 0.05) is 29.8 Å². The summed E-state index contributed by atoms with van der Waals surface area (Å²) in [6.07, 6.45) is 4.48. The van der Waals surface area contributed by atoms with E-state index in [1.165, 1.54) is 12.4 Å². The molecule has 0 aromatic carbocycles. The Balaban J connectivity index is 2.20. The van der Waals surface area contributed by atoms with Crippen LogP contribution < -0.4 is 5.32 Å². The molecule has 2 aromatic heterocycles. The summed E-state index contributed by atoms with van der Waals surface area (Å²) in [5, 5.41) is 2.74. The van der Waals surface area contributed by atoms with Crippen molar-refractivity contribution in [3.63, 3.8) is 0 Å². The van der Waals surface area contributed by atoms with Gasteiger partial charge in [0.1, 0.15) is 0 Å². The Kier molecular flexibility index (Phi) is 3.30. The number of carbonyl (C=O) groups excluding carboxylic acids is 1. The molecule has 0 atom stereocenters. The zero-order valence-electron chi connectivity index (χ0n) is 9.01. The van der Waals surface area contributed by atoms with Gasteiger partial charge in [0.15, 0.2) is 11.0 Å². The quantitative estimate of drug-likeness (QED) is 0.884. The van der Waals surface area contributed by atoms with Crippen molar-refractivity contribution in [2.75, 3.05) is 5.32 Å². The van der Waals surface area contributed by atoms with Crippen LogP contribution in [0.15, 0.2) is 30.7 Å². The number of anilines is 1. The second-order valence-corrected chi connectivity index (χ2v) is 3.69. The molecule has 1 amide bonds. The Morgan fingerprint density at radius 1 is 1.24 bits per heavy atom. The molecule has 5 nitrogen and oxygen atoms in total. The molecule has 0 saturated carbocycles. The van der Waals surface area contributed by atoms with Crippen molar-refractivity contribution in [2.24, 2.45) is 0 Å². The molecule has 86 valence electrons. The second-order valence-electron chi connectivity index (χ2n) is 3.34. The highest BCUT2D eigenvalue weighted by atomic mass is 35.5. The van der Waals surface area contributed by atoms with Crippen LogP contribution >= 0.6 is 11.6 Å². The van der Waals surface area contributed by atoms with E-state index in [1.807, 2.05) is 6.92 Å². The third-order valence-electron chi connectivity index (χ3n) is 2.04. The van der Waals surface area contributed by atoms with Gasteiger partial charge in [-0.15, -0.1) is 0 Å². The number of nitrogens with one attached hydrogen (secondary N) is 1. The average molecular weight is 249 g/mol. The fourth-order valence-corrected chi connectivity index (χ4v) is 1.42. The molecule has 0 fully saturated rings. The van der Waals surface area contributed by atoms with Crippen LogP contribution in [-0.2, 0) is 0 Å². The van der Waals surface area contributed by atoms with Crippen molar-refractivity contribution in [1.82, 2.24) is 15.0 Å². The highest BCUT2D eigenvalue weighted by Gasteiger charge is 2.09. The zero-order chi connectivity index (χ0) is 12.3. The van der Waals surface area contributed by atoms with Crippen LogP contribution in [0.3, 0.4) is 0 Å². The summed E-state index contributed by atoms with van der Waals surface area (Å²) >= 11 is 5.79. The first-order valence-electron chi connectivity index (χ1n) is 4.87. The van der Waals surface area contributed by atoms with Crippen molar-refractivity contribution >= 4 is 23.3 Å². The summed E-state index contributed by atoms with van der Waals surface area (Å²) in [5.74, 6) is -0.0495. The van der Waals surface area contributed by atoms with E-state index in [1.54, 1.807) is 18.3 Å². The van der Waals surface area contributed by atoms with E-state index >= 15 is 0 Å². The van der Waals surface area contributed by atoms with E-state index in [-0.39, 0.29) is 16.9 Å². The molecule has 0 spiro atoms. The van der Waals surface area contributed by atoms with E-state index in [0.29, 0.717) is 5.56 Å². The lowest BCUT2D eigenvalue weighted by Gasteiger charge is -2.05. The van der Waals surface area contributed by atoms with Crippen molar-refractivity contribution in [3.05, 3.63) is 47.1 Å². The third-order valence-corrected chi connectivity index (χ3v) is 2.32. The first-order chi connectivity index (χ1) is 8.16. The largest absolute Gasteiger partial charge is 0.304 e. The van der Waals surface area contributed by atoms with Crippen molar-refractivity contribution in [2.45, 2.75) is 6.92 Å². The van der Waals surface area contributed by atoms with Crippen LogP contribution in [0, 0.1) is 6.92 Å². The smallest absolute Gasteiger partial charge is 0.257 e. The Hall–Kier alpha value is -2.01. The SMILES string of the molecule is Cc1cc(C(=O)Nc2nccnc2Cl)ccn1. The standard InChI is InChI=1S/C11H9ClN4O/c1-7-6-8(2-3-13-7)11(17)16-10-9(12)14-4-5-15-10/h2-6H,1H3,(H,15,16,17). The molecule has 0 radical (unpaired) electrons. The molecule has 0 aliphatic rings. The number of aromatic nitrogens is 3. The fourth-order valence-electron chi connectivity index (χ4n) is 1.27. The van der Waals surface area contributed by atoms with Gasteiger partial charge in [-0.1, -0.05) is 11.6 Å². The van der Waals surface area contributed by atoms with Crippen LogP contribution in [0.2, 0.25) is 5.15 Å². The van der Waals surface area contributed by atoms with Crippen LogP contribution in [0.1, 0.15) is 16.1 Å². The van der Waals surface area contributed by atoms with Crippen LogP contribution in [-0.4, -0.2) is 20.9 Å². The molecular formula is C11H9ClN4O. The maximum absolute atomic E-state index is 11.9. The predicted molar refractivity (Wildman–Crippen MR) is 64.0 cm³/mol. The van der Waals surface area contributed by atoms with Gasteiger partial charge in [-0.3, -0.25) is 9.78 Å². The highest BCUT2D eigenvalue weighted by Crippen LogP contribution is 2.15. The number of carbonyl (C=O) groups is 1. The molecular weight excluding hydrogens is 240 g/mol. The molecule has 2 rings (SSSR count). The normalized spacial score (nSPS) is 10.0. The highest BCUT2D eigenvalue weighted by molar-refractivity contribution is 6.32. The lowest BCUT2D eigenvalue weighted by Crippen LogP contribution is -2.13. The Morgan fingerprint density at radius 3 is 2.71 bits per heavy atom. The maximum atomic E-state index is 11.9. The van der Waals surface area contributed by atoms with E-state index in [4.69, 9.17) is 11.6 Å². The van der Waals surface area contributed by atoms with E-state index in [2.05, 4.69) is 20.3 Å². The second kappa shape index (κ2) is 4.88. The van der Waals surface area contributed by atoms with Gasteiger partial charge >= 0.3 is 0 Å². The van der Waals surface area contributed by atoms with Gasteiger partial charge in [0.05, 0.1) is 0 Å². The number of pyridine rings is 1. The number of hydrogen-bond acceptors (Lipinski definition) is 4. The molecule has 17 heavy (non-hydrogen) atoms. The van der Waals surface area contributed by atoms with Gasteiger partial charge < -0.3 is 5.32 Å². The number of amides is 1. The monoisotopic (exact) mass is 248 g/mol. The Morgan fingerprint density at radius 2 is 2.00 bits per heavy atom. The van der Waals surface area contributed by atoms with Crippen molar-refractivity contribution in [3.8, 4) is 0 Å². The van der Waals surface area contributed by atoms with E-state index < -0.39 is 0 Å². The lowest BCUT2D eigenvalue weighted by atomic mass is 10.2. The summed E-state index contributed by atoms with van der Waals surface area (Å²) in [6, 6.07) is 3.30. The first kappa shape index (κ1) is 11.5. The minimum Gasteiger partial charge on any atom is -0.304 e. The van der Waals surface area contributed by atoms with Crippen LogP contribution in [0.4, 0.5) is 5.82 Å². The molecule has 0 aliphatic heterocycles. The summed E-state index contributed by atoms with van der Waals surface area (Å²) in [7, 11) is 0. The fraction of sp³-hybridized carbons (Fsp3) is 0.0909. The molecule has 2 aromatic rings. The topological polar surface area (TPSA) is 67.8 Å². The molecule has 0 unspecified atom stereocenters. The summed E-state index contributed by atoms with van der Waals surface area (Å²) < 4.78 is 0. The minimum absolute atomic E-state index is 0.159. The predicted octanol–water partition coefficient (Wildman–Crippen LogP) is 2.09. The molecule has 0 saturated heterocycles. The zero-order valence-corrected chi connectivity index (χ0v) is 9.77. The number of nitrogens with zero attached hydrogens (tertiary/aromatic N) is 3. The summed E-state index contributed by atoms with van der Waals surface area (Å²) in [5.41, 5.74) is 1.27. The minimum atomic E-state index is -0.294. The number of halogens is 1. The van der Waals surface area contributed by atoms with Crippen LogP contribution in [0.5, 0.6) is 0 Å². The number of rotatable bonds is 2. The number of aryl methyl sites for hydroxylation is 1. The van der Waals surface area contributed by atoms with Gasteiger partial charge in [-0.05, 0) is 19.1 Å². The maximum Gasteiger partial charge on any atom is 0.257 e. The van der Waals surface area contributed by atoms with Gasteiger partial charge in [-0.2, -0.15) is 0 Å². The van der Waals surface area contributed by atoms with Gasteiger partial charge in [-0.25, -0.2) is 9.97 Å².